The lowest BCUT2D eigenvalue weighted by atomic mass is 10.2. The van der Waals surface area contributed by atoms with Crippen LogP contribution in [-0.4, -0.2) is 35.3 Å². The van der Waals surface area contributed by atoms with Gasteiger partial charge in [0.15, 0.2) is 0 Å². The third kappa shape index (κ3) is 4.47. The third-order valence-electron chi connectivity index (χ3n) is 2.75. The Kier molecular flexibility index (Phi) is 5.11. The smallest absolute Gasteiger partial charge is 0.260 e. The van der Waals surface area contributed by atoms with Crippen LogP contribution in [0.4, 0.5) is 0 Å². The van der Waals surface area contributed by atoms with Crippen molar-refractivity contribution in [2.24, 2.45) is 0 Å². The van der Waals surface area contributed by atoms with Gasteiger partial charge >= 0.3 is 0 Å². The minimum Gasteiger partial charge on any atom is -0.491 e. The third-order valence-corrected chi connectivity index (χ3v) is 2.75. The number of hydrogen-bond donors (Lipinski definition) is 3. The van der Waals surface area contributed by atoms with E-state index in [0.717, 1.165) is 0 Å². The molecule has 0 radical (unpaired) electrons. The largest absolute Gasteiger partial charge is 0.491 e. The second kappa shape index (κ2) is 7.25. The monoisotopic (exact) mass is 288 g/mol. The first-order valence-corrected chi connectivity index (χ1v) is 6.48. The fraction of sp³-hybridized carbons (Fsp3) is 0.200. The van der Waals surface area contributed by atoms with Gasteiger partial charge in [-0.3, -0.25) is 9.59 Å². The number of nitrogens with one attached hydrogen (secondary N) is 2. The van der Waals surface area contributed by atoms with Gasteiger partial charge in [0.05, 0.1) is 0 Å². The SMILES string of the molecule is O=C(NC[C@@H](O)COc1ccccc1)c1ccc[nH]c1=O. The molecule has 110 valence electrons. The number of aromatic nitrogens is 1. The summed E-state index contributed by atoms with van der Waals surface area (Å²) in [6, 6.07) is 12.0. The van der Waals surface area contributed by atoms with Crippen molar-refractivity contribution in [3.63, 3.8) is 0 Å². The Labute approximate surface area is 121 Å². The van der Waals surface area contributed by atoms with E-state index in [1.54, 1.807) is 18.2 Å². The molecule has 1 amide bonds. The molecular weight excluding hydrogens is 272 g/mol. The molecule has 0 aliphatic rings. The first-order chi connectivity index (χ1) is 10.2. The van der Waals surface area contributed by atoms with Gasteiger partial charge < -0.3 is 20.1 Å². The van der Waals surface area contributed by atoms with Gasteiger partial charge in [-0.05, 0) is 24.3 Å². The van der Waals surface area contributed by atoms with Crippen molar-refractivity contribution in [1.82, 2.24) is 10.3 Å². The molecule has 0 bridgehead atoms. The minimum atomic E-state index is -0.864. The van der Waals surface area contributed by atoms with Gasteiger partial charge in [-0.2, -0.15) is 0 Å². The van der Waals surface area contributed by atoms with Crippen LogP contribution in [0.1, 0.15) is 10.4 Å². The molecule has 0 saturated heterocycles. The topological polar surface area (TPSA) is 91.4 Å². The Morgan fingerprint density at radius 2 is 2.00 bits per heavy atom. The Balaban J connectivity index is 1.79. The number of para-hydroxylation sites is 1. The van der Waals surface area contributed by atoms with Crippen molar-refractivity contribution in [1.29, 1.82) is 0 Å². The van der Waals surface area contributed by atoms with Crippen molar-refractivity contribution in [2.45, 2.75) is 6.10 Å². The molecule has 1 heterocycles. The molecule has 0 unspecified atom stereocenters. The normalized spacial score (nSPS) is 11.7. The lowest BCUT2D eigenvalue weighted by Gasteiger charge is -2.13. The Bertz CT molecular complexity index is 639. The quantitative estimate of drug-likeness (QED) is 0.723. The zero-order valence-electron chi connectivity index (χ0n) is 11.3. The maximum atomic E-state index is 11.8. The van der Waals surface area contributed by atoms with Gasteiger partial charge in [-0.1, -0.05) is 18.2 Å². The molecule has 2 rings (SSSR count). The molecule has 0 fully saturated rings. The van der Waals surface area contributed by atoms with E-state index in [9.17, 15) is 14.7 Å². The number of pyridine rings is 1. The second-order valence-corrected chi connectivity index (χ2v) is 4.40. The van der Waals surface area contributed by atoms with Crippen LogP contribution in [0.25, 0.3) is 0 Å². The van der Waals surface area contributed by atoms with E-state index in [1.165, 1.54) is 12.3 Å². The molecule has 1 aromatic heterocycles. The minimum absolute atomic E-state index is 0.00000118. The van der Waals surface area contributed by atoms with E-state index in [2.05, 4.69) is 10.3 Å². The van der Waals surface area contributed by atoms with Gasteiger partial charge in [-0.25, -0.2) is 0 Å². The van der Waals surface area contributed by atoms with Crippen LogP contribution in [-0.2, 0) is 0 Å². The molecule has 6 heteroatoms. The molecule has 6 nitrogen and oxygen atoms in total. The van der Waals surface area contributed by atoms with Gasteiger partial charge in [-0.15, -0.1) is 0 Å². The summed E-state index contributed by atoms with van der Waals surface area (Å²) < 4.78 is 5.36. The number of ether oxygens (including phenoxy) is 1. The molecule has 0 saturated carbocycles. The van der Waals surface area contributed by atoms with Gasteiger partial charge in [0, 0.05) is 12.7 Å². The number of aliphatic hydroxyl groups is 1. The van der Waals surface area contributed by atoms with Crippen LogP contribution in [0.3, 0.4) is 0 Å². The number of aromatic amines is 1. The summed E-state index contributed by atoms with van der Waals surface area (Å²) in [5.74, 6) is 0.109. The summed E-state index contributed by atoms with van der Waals surface area (Å²) in [4.78, 5) is 25.6. The van der Waals surface area contributed by atoms with Crippen molar-refractivity contribution in [3.8, 4) is 5.75 Å². The molecule has 0 spiro atoms. The summed E-state index contributed by atoms with van der Waals surface area (Å²) in [5, 5.41) is 12.2. The average molecular weight is 288 g/mol. The van der Waals surface area contributed by atoms with Crippen LogP contribution in [0, 0.1) is 0 Å². The predicted molar refractivity (Wildman–Crippen MR) is 77.3 cm³/mol. The van der Waals surface area contributed by atoms with Crippen LogP contribution >= 0.6 is 0 Å². The Morgan fingerprint density at radius 3 is 2.71 bits per heavy atom. The first-order valence-electron chi connectivity index (χ1n) is 6.48. The number of aliphatic hydroxyl groups excluding tert-OH is 1. The van der Waals surface area contributed by atoms with Crippen molar-refractivity contribution in [3.05, 3.63) is 64.6 Å². The highest BCUT2D eigenvalue weighted by molar-refractivity contribution is 5.93. The van der Waals surface area contributed by atoms with Crippen LogP contribution in [0.2, 0.25) is 0 Å². The van der Waals surface area contributed by atoms with E-state index in [-0.39, 0.29) is 18.7 Å². The molecular formula is C15H16N2O4. The van der Waals surface area contributed by atoms with Gasteiger partial charge in [0.2, 0.25) is 0 Å². The zero-order chi connectivity index (χ0) is 15.1. The Morgan fingerprint density at radius 1 is 1.24 bits per heavy atom. The number of carbonyl (C=O) groups excluding carboxylic acids is 1. The highest BCUT2D eigenvalue weighted by Crippen LogP contribution is 2.08. The molecule has 1 aromatic carbocycles. The maximum absolute atomic E-state index is 11.8. The van der Waals surface area contributed by atoms with Crippen molar-refractivity contribution >= 4 is 5.91 Å². The summed E-state index contributed by atoms with van der Waals surface area (Å²) in [6.07, 6.45) is 0.582. The maximum Gasteiger partial charge on any atom is 0.260 e. The van der Waals surface area contributed by atoms with E-state index in [0.29, 0.717) is 5.75 Å². The Hall–Kier alpha value is -2.60. The van der Waals surface area contributed by atoms with Crippen LogP contribution in [0.15, 0.2) is 53.5 Å². The molecule has 2 aromatic rings. The molecule has 0 aliphatic carbocycles. The fourth-order valence-electron chi connectivity index (χ4n) is 1.67. The number of benzene rings is 1. The summed E-state index contributed by atoms with van der Waals surface area (Å²) in [6.45, 7) is 0.0510. The van der Waals surface area contributed by atoms with Gasteiger partial charge in [0.25, 0.3) is 11.5 Å². The number of H-pyrrole nitrogens is 1. The molecule has 1 atom stereocenters. The van der Waals surface area contributed by atoms with E-state index >= 15 is 0 Å². The zero-order valence-corrected chi connectivity index (χ0v) is 11.3. The van der Waals surface area contributed by atoms with Crippen LogP contribution < -0.4 is 15.6 Å². The second-order valence-electron chi connectivity index (χ2n) is 4.40. The van der Waals surface area contributed by atoms with Crippen molar-refractivity contribution in [2.75, 3.05) is 13.2 Å². The lowest BCUT2D eigenvalue weighted by molar-refractivity contribution is 0.0842. The number of rotatable bonds is 6. The molecule has 21 heavy (non-hydrogen) atoms. The van der Waals surface area contributed by atoms with Crippen LogP contribution in [0.5, 0.6) is 5.75 Å². The number of amides is 1. The molecule has 0 aliphatic heterocycles. The lowest BCUT2D eigenvalue weighted by Crippen LogP contribution is -2.37. The number of hydrogen-bond acceptors (Lipinski definition) is 4. The van der Waals surface area contributed by atoms with Crippen molar-refractivity contribution < 1.29 is 14.6 Å². The van der Waals surface area contributed by atoms with E-state index < -0.39 is 17.6 Å². The first kappa shape index (κ1) is 14.8. The standard InChI is InChI=1S/C15H16N2O4/c18-11(10-21-12-5-2-1-3-6-12)9-17-15(20)13-7-4-8-16-14(13)19/h1-8,11,18H,9-10H2,(H,16,19)(H,17,20)/t11-/m1/s1. The van der Waals surface area contributed by atoms with Gasteiger partial charge in [0.1, 0.15) is 24.0 Å². The highest BCUT2D eigenvalue weighted by Gasteiger charge is 2.12. The average Bonchev–Trinajstić information content (AvgIpc) is 2.52. The fourth-order valence-corrected chi connectivity index (χ4v) is 1.67. The summed E-state index contributed by atoms with van der Waals surface area (Å²) >= 11 is 0. The predicted octanol–water partition coefficient (Wildman–Crippen LogP) is 0.545. The summed E-state index contributed by atoms with van der Waals surface area (Å²) in [7, 11) is 0. The van der Waals surface area contributed by atoms with E-state index in [4.69, 9.17) is 4.74 Å². The molecule has 3 N–H and O–H groups in total. The summed E-state index contributed by atoms with van der Waals surface area (Å²) in [5.41, 5.74) is -0.460. The highest BCUT2D eigenvalue weighted by atomic mass is 16.5. The van der Waals surface area contributed by atoms with E-state index in [1.807, 2.05) is 18.2 Å². The number of carbonyl (C=O) groups is 1.